The number of carbonyl (C=O) groups is 1. The van der Waals surface area contributed by atoms with Gasteiger partial charge in [0.1, 0.15) is 36.7 Å². The number of nitrogens with zero attached hydrogens (tertiary/aromatic N) is 3. The molecule has 1 aliphatic rings. The van der Waals surface area contributed by atoms with Gasteiger partial charge in [0, 0.05) is 5.56 Å². The number of methoxy groups -OCH3 is 3. The lowest BCUT2D eigenvalue weighted by atomic mass is 9.98. The van der Waals surface area contributed by atoms with Crippen LogP contribution in [0.1, 0.15) is 27.8 Å². The largest absolute Gasteiger partial charge is 0.493 e. The summed E-state index contributed by atoms with van der Waals surface area (Å²) in [7, 11) is 4.51. The Morgan fingerprint density at radius 1 is 0.950 bits per heavy atom. The quantitative estimate of drug-likeness (QED) is 0.193. The number of aliphatic hydroxyl groups excluding tert-OH is 4. The molecule has 0 amide bonds. The highest BCUT2D eigenvalue weighted by molar-refractivity contribution is 6.07. The number of ketones is 1. The second-order valence-corrected chi connectivity index (χ2v) is 8.88. The van der Waals surface area contributed by atoms with Gasteiger partial charge in [0.2, 0.25) is 0 Å². The van der Waals surface area contributed by atoms with E-state index in [4.69, 9.17) is 23.7 Å². The monoisotopic (exact) mass is 557 g/mol. The van der Waals surface area contributed by atoms with E-state index in [1.165, 1.54) is 38.3 Å². The van der Waals surface area contributed by atoms with Crippen LogP contribution in [0.2, 0.25) is 0 Å². The maximum absolute atomic E-state index is 12.7. The van der Waals surface area contributed by atoms with Gasteiger partial charge in [0.15, 0.2) is 35.0 Å². The number of hydrogen-bond acceptors (Lipinski definition) is 12. The van der Waals surface area contributed by atoms with E-state index in [2.05, 4.69) is 10.3 Å². The van der Waals surface area contributed by atoms with Crippen molar-refractivity contribution in [3.05, 3.63) is 65.5 Å². The van der Waals surface area contributed by atoms with Crippen molar-refractivity contribution in [2.75, 3.05) is 27.9 Å². The van der Waals surface area contributed by atoms with Crippen molar-refractivity contribution >= 4 is 11.9 Å². The first-order valence-electron chi connectivity index (χ1n) is 12.3. The zero-order valence-electron chi connectivity index (χ0n) is 22.1. The number of allylic oxidation sites excluding steroid dienone is 1. The number of benzene rings is 2. The van der Waals surface area contributed by atoms with E-state index in [9.17, 15) is 25.2 Å². The smallest absolute Gasteiger partial charge is 0.185 e. The standard InChI is InChI=1S/C27H31N3O10/c1-36-19-9-6-16(11-22(19)38-3)18(32)7-4-15-5-8-20(21(10-15)37-2)39-14-17-12-30(29-28-17)27-26(35)25(34)24(33)23(13-31)40-27/h4-12,23-27,31,33-35H,13-14H2,1-3H3/b7-4+/t23-,24-,25+,26-,27-/m1/s1. The molecule has 13 heteroatoms. The van der Waals surface area contributed by atoms with Crippen LogP contribution in [0.4, 0.5) is 0 Å². The molecule has 4 rings (SSSR count). The minimum absolute atomic E-state index is 0.0131. The van der Waals surface area contributed by atoms with Crippen molar-refractivity contribution in [2.24, 2.45) is 0 Å². The Labute approximate surface area is 229 Å². The van der Waals surface area contributed by atoms with Gasteiger partial charge < -0.3 is 44.1 Å². The summed E-state index contributed by atoms with van der Waals surface area (Å²) in [5.74, 6) is 1.59. The molecular formula is C27H31N3O10. The Morgan fingerprint density at radius 3 is 2.35 bits per heavy atom. The summed E-state index contributed by atoms with van der Waals surface area (Å²) in [5.41, 5.74) is 1.52. The molecule has 2 heterocycles. The van der Waals surface area contributed by atoms with E-state index in [1.54, 1.807) is 42.5 Å². The van der Waals surface area contributed by atoms with Gasteiger partial charge in [0.25, 0.3) is 0 Å². The first-order valence-corrected chi connectivity index (χ1v) is 12.3. The minimum atomic E-state index is -1.54. The zero-order chi connectivity index (χ0) is 28.8. The molecule has 214 valence electrons. The van der Waals surface area contributed by atoms with Gasteiger partial charge in [-0.1, -0.05) is 17.4 Å². The molecule has 0 radical (unpaired) electrons. The van der Waals surface area contributed by atoms with Gasteiger partial charge in [-0.2, -0.15) is 0 Å². The van der Waals surface area contributed by atoms with E-state index in [1.807, 2.05) is 0 Å². The fourth-order valence-electron chi connectivity index (χ4n) is 4.12. The molecule has 13 nitrogen and oxygen atoms in total. The molecule has 4 N–H and O–H groups in total. The fraction of sp³-hybridized carbons (Fsp3) is 0.370. The van der Waals surface area contributed by atoms with Gasteiger partial charge in [0.05, 0.1) is 34.1 Å². The van der Waals surface area contributed by atoms with E-state index >= 15 is 0 Å². The van der Waals surface area contributed by atoms with Crippen LogP contribution in [0, 0.1) is 0 Å². The molecule has 0 saturated carbocycles. The first-order chi connectivity index (χ1) is 19.3. The zero-order valence-corrected chi connectivity index (χ0v) is 22.1. The van der Waals surface area contributed by atoms with E-state index in [0.717, 1.165) is 0 Å². The van der Waals surface area contributed by atoms with Crippen molar-refractivity contribution in [1.82, 2.24) is 15.0 Å². The van der Waals surface area contributed by atoms with Crippen LogP contribution in [-0.2, 0) is 11.3 Å². The van der Waals surface area contributed by atoms with Crippen LogP contribution in [0.5, 0.6) is 23.0 Å². The average Bonchev–Trinajstić information content (AvgIpc) is 3.46. The molecule has 0 unspecified atom stereocenters. The number of ether oxygens (including phenoxy) is 5. The molecule has 0 bridgehead atoms. The Balaban J connectivity index is 1.40. The highest BCUT2D eigenvalue weighted by Gasteiger charge is 2.44. The molecule has 40 heavy (non-hydrogen) atoms. The summed E-state index contributed by atoms with van der Waals surface area (Å²) in [6.07, 6.45) is -2.20. The van der Waals surface area contributed by atoms with E-state index in [0.29, 0.717) is 39.8 Å². The lowest BCUT2D eigenvalue weighted by molar-refractivity contribution is -0.254. The van der Waals surface area contributed by atoms with Crippen molar-refractivity contribution in [3.63, 3.8) is 0 Å². The summed E-state index contributed by atoms with van der Waals surface area (Å²) in [4.78, 5) is 12.7. The van der Waals surface area contributed by atoms with Crippen molar-refractivity contribution in [2.45, 2.75) is 37.3 Å². The number of carbonyl (C=O) groups excluding carboxylic acids is 1. The van der Waals surface area contributed by atoms with Crippen LogP contribution in [0.15, 0.2) is 48.7 Å². The molecule has 2 aromatic carbocycles. The van der Waals surface area contributed by atoms with E-state index < -0.39 is 37.3 Å². The number of aromatic nitrogens is 3. The predicted molar refractivity (Wildman–Crippen MR) is 139 cm³/mol. The molecular weight excluding hydrogens is 526 g/mol. The minimum Gasteiger partial charge on any atom is -0.493 e. The lowest BCUT2D eigenvalue weighted by Gasteiger charge is -2.39. The number of aliphatic hydroxyl groups is 4. The van der Waals surface area contributed by atoms with Gasteiger partial charge in [-0.05, 0) is 42.0 Å². The summed E-state index contributed by atoms with van der Waals surface area (Å²) >= 11 is 0. The summed E-state index contributed by atoms with van der Waals surface area (Å²) in [5, 5.41) is 47.5. The van der Waals surface area contributed by atoms with Crippen LogP contribution < -0.4 is 18.9 Å². The Morgan fingerprint density at radius 2 is 1.65 bits per heavy atom. The lowest BCUT2D eigenvalue weighted by Crippen LogP contribution is -2.56. The topological polar surface area (TPSA) is 175 Å². The van der Waals surface area contributed by atoms with E-state index in [-0.39, 0.29) is 12.4 Å². The van der Waals surface area contributed by atoms with Crippen LogP contribution >= 0.6 is 0 Å². The molecule has 3 aromatic rings. The van der Waals surface area contributed by atoms with Crippen LogP contribution in [-0.4, -0.2) is 93.6 Å². The first kappa shape index (κ1) is 29.0. The Hall–Kier alpha value is -4.01. The SMILES string of the molecule is COc1ccc(C(=O)/C=C/c2ccc(OCc3cn([C@@H]4O[C@H](CO)[C@@H](O)[C@H](O)[C@H]4O)nn3)c(OC)c2)cc1OC. The van der Waals surface area contributed by atoms with Gasteiger partial charge in [-0.3, -0.25) is 4.79 Å². The second kappa shape index (κ2) is 12.9. The van der Waals surface area contributed by atoms with Crippen molar-refractivity contribution in [3.8, 4) is 23.0 Å². The summed E-state index contributed by atoms with van der Waals surface area (Å²) < 4.78 is 28.4. The van der Waals surface area contributed by atoms with Gasteiger partial charge in [-0.15, -0.1) is 5.10 Å². The molecule has 0 aliphatic carbocycles. The third-order valence-electron chi connectivity index (χ3n) is 6.34. The normalized spacial score (nSPS) is 22.7. The molecule has 1 aliphatic heterocycles. The summed E-state index contributed by atoms with van der Waals surface area (Å²) in [6.45, 7) is -0.567. The fourth-order valence-corrected chi connectivity index (χ4v) is 4.12. The third-order valence-corrected chi connectivity index (χ3v) is 6.34. The van der Waals surface area contributed by atoms with Crippen LogP contribution in [0.3, 0.4) is 0 Å². The maximum atomic E-state index is 12.7. The molecule has 1 aromatic heterocycles. The van der Waals surface area contributed by atoms with Gasteiger partial charge >= 0.3 is 0 Å². The highest BCUT2D eigenvalue weighted by Crippen LogP contribution is 2.31. The van der Waals surface area contributed by atoms with Crippen LogP contribution in [0.25, 0.3) is 6.08 Å². The summed E-state index contributed by atoms with van der Waals surface area (Å²) in [6, 6.07) is 10.1. The number of hydrogen-bond donors (Lipinski definition) is 4. The highest BCUT2D eigenvalue weighted by atomic mass is 16.6. The average molecular weight is 558 g/mol. The second-order valence-electron chi connectivity index (χ2n) is 8.88. The molecule has 0 spiro atoms. The van der Waals surface area contributed by atoms with Gasteiger partial charge in [-0.25, -0.2) is 4.68 Å². The van der Waals surface area contributed by atoms with Crippen molar-refractivity contribution in [1.29, 1.82) is 0 Å². The van der Waals surface area contributed by atoms with Crippen molar-refractivity contribution < 1.29 is 48.9 Å². The molecule has 1 fully saturated rings. The third kappa shape index (κ3) is 6.24. The Kier molecular flexibility index (Phi) is 9.34. The molecule has 5 atom stereocenters. The number of rotatable bonds is 11. The molecule has 1 saturated heterocycles. The maximum Gasteiger partial charge on any atom is 0.185 e. The predicted octanol–water partition coefficient (Wildman–Crippen LogP) is 0.751. The Bertz CT molecular complexity index is 1340.